The number of benzene rings is 1. The van der Waals surface area contributed by atoms with Crippen LogP contribution in [0, 0.1) is 0 Å². The minimum Gasteiger partial charge on any atom is -0.437 e. The third-order valence-corrected chi connectivity index (χ3v) is 3.20. The standard InChI is InChI=1S/C16H11BrN2O/c17-13-5-6-15-14(11-13)19-16(20-15)4-2-1-3-12-7-9-18-10-8-12/h1-11H/b3-1+,4-2+. The van der Waals surface area contributed by atoms with E-state index >= 15 is 0 Å². The van der Waals surface area contributed by atoms with Gasteiger partial charge in [-0.05, 0) is 35.9 Å². The van der Waals surface area contributed by atoms with Crippen molar-refractivity contribution >= 4 is 39.2 Å². The molecule has 3 nitrogen and oxygen atoms in total. The Labute approximate surface area is 124 Å². The molecule has 1 aromatic carbocycles. The summed E-state index contributed by atoms with van der Waals surface area (Å²) in [5.74, 6) is 0.595. The predicted octanol–water partition coefficient (Wildman–Crippen LogP) is 4.71. The molecule has 0 aliphatic carbocycles. The molecule has 0 saturated carbocycles. The number of halogens is 1. The van der Waals surface area contributed by atoms with E-state index in [-0.39, 0.29) is 0 Å². The molecule has 0 unspecified atom stereocenters. The number of rotatable bonds is 3. The molecule has 20 heavy (non-hydrogen) atoms. The number of aromatic nitrogens is 2. The molecule has 0 saturated heterocycles. The summed E-state index contributed by atoms with van der Waals surface area (Å²) in [5.41, 5.74) is 2.73. The third-order valence-electron chi connectivity index (χ3n) is 2.71. The lowest BCUT2D eigenvalue weighted by molar-refractivity contribution is 0.589. The van der Waals surface area contributed by atoms with Crippen LogP contribution in [0.1, 0.15) is 11.5 Å². The average Bonchev–Trinajstić information content (AvgIpc) is 2.86. The summed E-state index contributed by atoms with van der Waals surface area (Å²) in [6.45, 7) is 0. The van der Waals surface area contributed by atoms with Gasteiger partial charge in [0.25, 0.3) is 0 Å². The highest BCUT2D eigenvalue weighted by atomic mass is 79.9. The molecule has 3 aromatic rings. The fourth-order valence-electron chi connectivity index (χ4n) is 1.77. The zero-order valence-electron chi connectivity index (χ0n) is 10.5. The van der Waals surface area contributed by atoms with Gasteiger partial charge in [-0.15, -0.1) is 0 Å². The molecule has 2 heterocycles. The molecule has 0 aliphatic heterocycles. The summed E-state index contributed by atoms with van der Waals surface area (Å²) in [6, 6.07) is 9.66. The fourth-order valence-corrected chi connectivity index (χ4v) is 2.12. The maximum Gasteiger partial charge on any atom is 0.219 e. The largest absolute Gasteiger partial charge is 0.437 e. The van der Waals surface area contributed by atoms with E-state index in [9.17, 15) is 0 Å². The summed E-state index contributed by atoms with van der Waals surface area (Å²) in [7, 11) is 0. The lowest BCUT2D eigenvalue weighted by atomic mass is 10.2. The molecular weight excluding hydrogens is 316 g/mol. The van der Waals surface area contributed by atoms with Gasteiger partial charge in [-0.1, -0.05) is 34.2 Å². The molecular formula is C16H11BrN2O. The Hall–Kier alpha value is -2.20. The summed E-state index contributed by atoms with van der Waals surface area (Å²) in [6.07, 6.45) is 11.2. The van der Waals surface area contributed by atoms with Gasteiger partial charge in [0.2, 0.25) is 5.89 Å². The van der Waals surface area contributed by atoms with Crippen molar-refractivity contribution in [1.29, 1.82) is 0 Å². The molecule has 4 heteroatoms. The van der Waals surface area contributed by atoms with Crippen LogP contribution in [0.15, 0.2) is 63.8 Å². The first-order valence-corrected chi connectivity index (χ1v) is 6.91. The topological polar surface area (TPSA) is 38.9 Å². The molecule has 0 fully saturated rings. The summed E-state index contributed by atoms with van der Waals surface area (Å²) < 4.78 is 6.60. The van der Waals surface area contributed by atoms with Crippen LogP contribution in [-0.4, -0.2) is 9.97 Å². The monoisotopic (exact) mass is 326 g/mol. The van der Waals surface area contributed by atoms with Crippen LogP contribution in [0.3, 0.4) is 0 Å². The first-order valence-electron chi connectivity index (χ1n) is 6.12. The van der Waals surface area contributed by atoms with Crippen LogP contribution < -0.4 is 0 Å². The van der Waals surface area contributed by atoms with E-state index in [2.05, 4.69) is 25.9 Å². The zero-order chi connectivity index (χ0) is 13.8. The average molecular weight is 327 g/mol. The van der Waals surface area contributed by atoms with Crippen LogP contribution >= 0.6 is 15.9 Å². The van der Waals surface area contributed by atoms with Crippen LogP contribution in [0.25, 0.3) is 23.3 Å². The lowest BCUT2D eigenvalue weighted by Gasteiger charge is -1.87. The molecule has 0 aliphatic rings. The number of hydrogen-bond acceptors (Lipinski definition) is 3. The zero-order valence-corrected chi connectivity index (χ0v) is 12.1. The minimum absolute atomic E-state index is 0.595. The first-order chi connectivity index (χ1) is 9.81. The van der Waals surface area contributed by atoms with Crippen molar-refractivity contribution in [2.75, 3.05) is 0 Å². The second-order valence-corrected chi connectivity index (χ2v) is 5.08. The number of oxazole rings is 1. The molecule has 3 rings (SSSR count). The van der Waals surface area contributed by atoms with Crippen LogP contribution in [0.2, 0.25) is 0 Å². The lowest BCUT2D eigenvalue weighted by Crippen LogP contribution is -1.71. The SMILES string of the molecule is Brc1ccc2oc(/C=C/C=C/c3ccncc3)nc2c1. The van der Waals surface area contributed by atoms with Crippen molar-refractivity contribution in [1.82, 2.24) is 9.97 Å². The van der Waals surface area contributed by atoms with Crippen molar-refractivity contribution < 1.29 is 4.42 Å². The van der Waals surface area contributed by atoms with Gasteiger partial charge in [-0.25, -0.2) is 4.98 Å². The number of fused-ring (bicyclic) bond motifs is 1. The normalized spacial score (nSPS) is 11.8. The van der Waals surface area contributed by atoms with Crippen LogP contribution in [0.4, 0.5) is 0 Å². The maximum atomic E-state index is 5.61. The minimum atomic E-state index is 0.595. The van der Waals surface area contributed by atoms with Crippen molar-refractivity contribution in [3.05, 3.63) is 70.8 Å². The van der Waals surface area contributed by atoms with Gasteiger partial charge in [0, 0.05) is 22.9 Å². The predicted molar refractivity (Wildman–Crippen MR) is 84.0 cm³/mol. The van der Waals surface area contributed by atoms with Gasteiger partial charge in [-0.2, -0.15) is 0 Å². The highest BCUT2D eigenvalue weighted by molar-refractivity contribution is 9.10. The number of hydrogen-bond donors (Lipinski definition) is 0. The summed E-state index contributed by atoms with van der Waals surface area (Å²) in [4.78, 5) is 8.36. The van der Waals surface area contributed by atoms with E-state index in [0.29, 0.717) is 5.89 Å². The Morgan fingerprint density at radius 2 is 1.80 bits per heavy atom. The molecule has 0 bridgehead atoms. The van der Waals surface area contributed by atoms with Crippen LogP contribution in [0.5, 0.6) is 0 Å². The van der Waals surface area contributed by atoms with E-state index in [1.54, 1.807) is 12.4 Å². The summed E-state index contributed by atoms with van der Waals surface area (Å²) in [5, 5.41) is 0. The van der Waals surface area contributed by atoms with Gasteiger partial charge in [0.15, 0.2) is 5.58 Å². The highest BCUT2D eigenvalue weighted by Crippen LogP contribution is 2.20. The van der Waals surface area contributed by atoms with Gasteiger partial charge in [0.05, 0.1) is 0 Å². The molecule has 98 valence electrons. The van der Waals surface area contributed by atoms with Crippen molar-refractivity contribution in [2.45, 2.75) is 0 Å². The third kappa shape index (κ3) is 3.03. The fraction of sp³-hybridized carbons (Fsp3) is 0. The second-order valence-electron chi connectivity index (χ2n) is 4.16. The molecule has 0 radical (unpaired) electrons. The van der Waals surface area contributed by atoms with Crippen molar-refractivity contribution in [2.24, 2.45) is 0 Å². The number of pyridine rings is 1. The first kappa shape index (κ1) is 12.8. The Morgan fingerprint density at radius 3 is 2.65 bits per heavy atom. The molecule has 0 spiro atoms. The Kier molecular flexibility index (Phi) is 3.74. The van der Waals surface area contributed by atoms with Gasteiger partial charge in [-0.3, -0.25) is 4.98 Å². The van der Waals surface area contributed by atoms with E-state index in [1.807, 2.05) is 54.6 Å². The molecule has 0 amide bonds. The van der Waals surface area contributed by atoms with E-state index in [0.717, 1.165) is 21.1 Å². The Morgan fingerprint density at radius 1 is 1.00 bits per heavy atom. The quantitative estimate of drug-likeness (QED) is 0.654. The smallest absolute Gasteiger partial charge is 0.219 e. The highest BCUT2D eigenvalue weighted by Gasteiger charge is 2.02. The van der Waals surface area contributed by atoms with E-state index in [4.69, 9.17) is 4.42 Å². The molecule has 0 atom stereocenters. The van der Waals surface area contributed by atoms with Gasteiger partial charge in [0.1, 0.15) is 5.52 Å². The van der Waals surface area contributed by atoms with E-state index in [1.165, 1.54) is 0 Å². The van der Waals surface area contributed by atoms with Crippen molar-refractivity contribution in [3.63, 3.8) is 0 Å². The maximum absolute atomic E-state index is 5.61. The Balaban J connectivity index is 1.76. The molecule has 0 N–H and O–H groups in total. The second kappa shape index (κ2) is 5.84. The van der Waals surface area contributed by atoms with Crippen molar-refractivity contribution in [3.8, 4) is 0 Å². The number of allylic oxidation sites excluding steroid dienone is 2. The Bertz CT molecular complexity index is 776. The van der Waals surface area contributed by atoms with E-state index < -0.39 is 0 Å². The number of nitrogens with zero attached hydrogens (tertiary/aromatic N) is 2. The molecule has 2 aromatic heterocycles. The van der Waals surface area contributed by atoms with Gasteiger partial charge < -0.3 is 4.42 Å². The summed E-state index contributed by atoms with van der Waals surface area (Å²) >= 11 is 3.42. The van der Waals surface area contributed by atoms with Crippen LogP contribution in [-0.2, 0) is 0 Å². The van der Waals surface area contributed by atoms with Gasteiger partial charge >= 0.3 is 0 Å².